The van der Waals surface area contributed by atoms with Gasteiger partial charge in [0.05, 0.1) is 23.9 Å². The van der Waals surface area contributed by atoms with Crippen LogP contribution in [0.15, 0.2) is 27.8 Å². The van der Waals surface area contributed by atoms with Crippen LogP contribution in [-0.2, 0) is 10.3 Å². The Kier molecular flexibility index (Phi) is 2.44. The maximum Gasteiger partial charge on any atom is 0.235 e. The van der Waals surface area contributed by atoms with Gasteiger partial charge in [0.15, 0.2) is 11.3 Å². The van der Waals surface area contributed by atoms with Crippen molar-refractivity contribution in [3.63, 3.8) is 0 Å². The number of isocyanates is 1. The number of fused-ring (bicyclic) bond motifs is 1. The van der Waals surface area contributed by atoms with Crippen molar-refractivity contribution < 1.29 is 13.9 Å². The van der Waals surface area contributed by atoms with E-state index in [1.54, 1.807) is 31.6 Å². The molecule has 1 aromatic heterocycles. The molecule has 0 radical (unpaired) electrons. The lowest BCUT2D eigenvalue weighted by atomic mass is 10.0. The lowest BCUT2D eigenvalue weighted by Gasteiger charge is -2.13. The van der Waals surface area contributed by atoms with Crippen molar-refractivity contribution in [3.8, 4) is 5.75 Å². The first-order valence-electron chi connectivity index (χ1n) is 5.55. The molecule has 0 amide bonds. The van der Waals surface area contributed by atoms with Crippen molar-refractivity contribution in [2.75, 3.05) is 7.11 Å². The third kappa shape index (κ3) is 1.47. The highest BCUT2D eigenvalue weighted by Crippen LogP contribution is 2.54. The highest BCUT2D eigenvalue weighted by atomic mass is 35.5. The monoisotopic (exact) mass is 263 g/mol. The molecule has 1 heterocycles. The zero-order valence-electron chi connectivity index (χ0n) is 9.70. The molecule has 1 saturated carbocycles. The van der Waals surface area contributed by atoms with Crippen molar-refractivity contribution >= 4 is 28.7 Å². The van der Waals surface area contributed by atoms with Gasteiger partial charge >= 0.3 is 0 Å². The van der Waals surface area contributed by atoms with Crippen LogP contribution in [0.25, 0.3) is 11.0 Å². The summed E-state index contributed by atoms with van der Waals surface area (Å²) in [6.07, 6.45) is 4.79. The second-order valence-corrected chi connectivity index (χ2v) is 4.72. The van der Waals surface area contributed by atoms with E-state index in [9.17, 15) is 4.79 Å². The van der Waals surface area contributed by atoms with Gasteiger partial charge in [-0.15, -0.1) is 0 Å². The van der Waals surface area contributed by atoms with Gasteiger partial charge in [-0.25, -0.2) is 4.79 Å². The smallest absolute Gasteiger partial charge is 0.235 e. The fraction of sp³-hybridized carbons (Fsp3) is 0.308. The largest absolute Gasteiger partial charge is 0.493 e. The molecular formula is C13H10ClNO3. The number of methoxy groups -OCH3 is 1. The molecule has 92 valence electrons. The second-order valence-electron chi connectivity index (χ2n) is 4.34. The summed E-state index contributed by atoms with van der Waals surface area (Å²) in [5.74, 6) is 0.599. The first-order chi connectivity index (χ1) is 8.72. The Bertz CT molecular complexity index is 666. The average Bonchev–Trinajstić information content (AvgIpc) is 2.97. The molecule has 0 unspecified atom stereocenters. The number of hydrogen-bond donors (Lipinski definition) is 0. The average molecular weight is 264 g/mol. The quantitative estimate of drug-likeness (QED) is 0.630. The molecule has 0 atom stereocenters. The SMILES string of the molecule is COc1cc(C2(N=C=O)CC2)c(Cl)c2ccoc12. The van der Waals surface area contributed by atoms with Crippen LogP contribution in [0, 0.1) is 0 Å². The van der Waals surface area contributed by atoms with E-state index in [1.165, 1.54) is 0 Å². The molecule has 1 aliphatic carbocycles. The van der Waals surface area contributed by atoms with Gasteiger partial charge < -0.3 is 9.15 Å². The van der Waals surface area contributed by atoms with Crippen LogP contribution in [0.3, 0.4) is 0 Å². The maximum absolute atomic E-state index is 10.5. The molecule has 1 aromatic carbocycles. The van der Waals surface area contributed by atoms with Crippen LogP contribution in [0.1, 0.15) is 18.4 Å². The van der Waals surface area contributed by atoms with Crippen LogP contribution >= 0.6 is 11.6 Å². The van der Waals surface area contributed by atoms with Crippen LogP contribution in [0.4, 0.5) is 0 Å². The lowest BCUT2D eigenvalue weighted by Crippen LogP contribution is -2.04. The van der Waals surface area contributed by atoms with Gasteiger partial charge in [0.1, 0.15) is 0 Å². The molecule has 4 nitrogen and oxygen atoms in total. The number of nitrogens with zero attached hydrogens (tertiary/aromatic N) is 1. The number of aliphatic imine (C=N–C) groups is 1. The molecule has 0 bridgehead atoms. The molecule has 5 heteroatoms. The summed E-state index contributed by atoms with van der Waals surface area (Å²) in [7, 11) is 1.57. The van der Waals surface area contributed by atoms with E-state index < -0.39 is 5.54 Å². The number of ether oxygens (including phenoxy) is 1. The van der Waals surface area contributed by atoms with Gasteiger partial charge in [0.25, 0.3) is 0 Å². The van der Waals surface area contributed by atoms with E-state index in [1.807, 2.05) is 0 Å². The molecule has 1 aliphatic rings. The van der Waals surface area contributed by atoms with E-state index in [2.05, 4.69) is 4.99 Å². The number of carbonyl (C=O) groups excluding carboxylic acids is 1. The number of rotatable bonds is 3. The Hall–Kier alpha value is -1.77. The molecule has 0 spiro atoms. The lowest BCUT2D eigenvalue weighted by molar-refractivity contribution is 0.409. The first-order valence-corrected chi connectivity index (χ1v) is 5.93. The summed E-state index contributed by atoms with van der Waals surface area (Å²) in [5, 5.41) is 1.34. The Morgan fingerprint density at radius 2 is 2.33 bits per heavy atom. The Balaban J connectivity index is 2.30. The van der Waals surface area contributed by atoms with Gasteiger partial charge in [-0.3, -0.25) is 0 Å². The predicted molar refractivity (Wildman–Crippen MR) is 66.8 cm³/mol. The van der Waals surface area contributed by atoms with Crippen molar-refractivity contribution in [2.45, 2.75) is 18.4 Å². The normalized spacial score (nSPS) is 16.3. The Labute approximate surface area is 108 Å². The fourth-order valence-corrected chi connectivity index (χ4v) is 2.59. The van der Waals surface area contributed by atoms with Crippen LogP contribution < -0.4 is 4.74 Å². The van der Waals surface area contributed by atoms with Crippen LogP contribution in [-0.4, -0.2) is 13.2 Å². The van der Waals surface area contributed by atoms with Gasteiger partial charge in [-0.1, -0.05) is 11.6 Å². The maximum atomic E-state index is 10.5. The Morgan fingerprint density at radius 1 is 1.56 bits per heavy atom. The van der Waals surface area contributed by atoms with E-state index >= 15 is 0 Å². The van der Waals surface area contributed by atoms with Crippen molar-refractivity contribution in [3.05, 3.63) is 29.0 Å². The molecule has 2 aromatic rings. The van der Waals surface area contributed by atoms with E-state index in [0.717, 1.165) is 23.8 Å². The first kappa shape index (κ1) is 11.3. The van der Waals surface area contributed by atoms with Gasteiger partial charge in [-0.2, -0.15) is 4.99 Å². The molecule has 0 N–H and O–H groups in total. The van der Waals surface area contributed by atoms with Crippen molar-refractivity contribution in [1.29, 1.82) is 0 Å². The predicted octanol–water partition coefficient (Wildman–Crippen LogP) is 3.42. The van der Waals surface area contributed by atoms with E-state index in [4.69, 9.17) is 20.8 Å². The summed E-state index contributed by atoms with van der Waals surface area (Å²) in [4.78, 5) is 14.4. The number of hydrogen-bond acceptors (Lipinski definition) is 4. The highest BCUT2D eigenvalue weighted by molar-refractivity contribution is 6.36. The molecular weight excluding hydrogens is 254 g/mol. The summed E-state index contributed by atoms with van der Waals surface area (Å²) in [5.41, 5.74) is 0.896. The number of halogens is 1. The number of furan rings is 1. The van der Waals surface area contributed by atoms with Crippen LogP contribution in [0.5, 0.6) is 5.75 Å². The zero-order valence-corrected chi connectivity index (χ0v) is 10.5. The summed E-state index contributed by atoms with van der Waals surface area (Å²) < 4.78 is 10.6. The van der Waals surface area contributed by atoms with Crippen molar-refractivity contribution in [1.82, 2.24) is 0 Å². The highest BCUT2D eigenvalue weighted by Gasteiger charge is 2.47. The third-order valence-electron chi connectivity index (χ3n) is 3.34. The van der Waals surface area contributed by atoms with Crippen molar-refractivity contribution in [2.24, 2.45) is 4.99 Å². The molecule has 18 heavy (non-hydrogen) atoms. The number of benzene rings is 1. The molecule has 1 fully saturated rings. The van der Waals surface area contributed by atoms with E-state index in [-0.39, 0.29) is 0 Å². The van der Waals surface area contributed by atoms with Gasteiger partial charge in [-0.05, 0) is 25.0 Å². The second kappa shape index (κ2) is 3.87. The van der Waals surface area contributed by atoms with E-state index in [0.29, 0.717) is 16.4 Å². The molecule has 0 saturated heterocycles. The minimum Gasteiger partial charge on any atom is -0.493 e. The van der Waals surface area contributed by atoms with Gasteiger partial charge in [0.2, 0.25) is 6.08 Å². The minimum absolute atomic E-state index is 0.516. The standard InChI is InChI=1S/C13H10ClNO3/c1-17-10-6-9(13(3-4-13)15-7-16)11(14)8-2-5-18-12(8)10/h2,5-6H,3-4H2,1H3. The Morgan fingerprint density at radius 3 is 2.94 bits per heavy atom. The fourth-order valence-electron chi connectivity index (χ4n) is 2.22. The minimum atomic E-state index is -0.516. The third-order valence-corrected chi connectivity index (χ3v) is 3.75. The summed E-state index contributed by atoms with van der Waals surface area (Å²) >= 11 is 6.37. The van der Waals surface area contributed by atoms with Gasteiger partial charge in [0, 0.05) is 10.9 Å². The summed E-state index contributed by atoms with van der Waals surface area (Å²) in [6.45, 7) is 0. The van der Waals surface area contributed by atoms with Crippen LogP contribution in [0.2, 0.25) is 5.02 Å². The summed E-state index contributed by atoms with van der Waals surface area (Å²) in [6, 6.07) is 3.58. The topological polar surface area (TPSA) is 51.8 Å². The zero-order chi connectivity index (χ0) is 12.8. The molecule has 3 rings (SSSR count). The molecule has 0 aliphatic heterocycles.